The monoisotopic (exact) mass is 355 g/mol. The van der Waals surface area contributed by atoms with Gasteiger partial charge in [0.2, 0.25) is 6.79 Å². The van der Waals surface area contributed by atoms with E-state index in [0.717, 1.165) is 11.1 Å². The lowest BCUT2D eigenvalue weighted by Crippen LogP contribution is -2.37. The SMILES string of the molecule is Cc1ccc(NC(=O)NCC(=O)N/N=C\c2ccc3c(c2)OCO3)nc1. The van der Waals surface area contributed by atoms with Crippen LogP contribution in [0.2, 0.25) is 0 Å². The number of carbonyl (C=O) groups is 2. The lowest BCUT2D eigenvalue weighted by atomic mass is 10.2. The molecule has 0 atom stereocenters. The minimum atomic E-state index is -0.531. The third-order valence-corrected chi connectivity index (χ3v) is 3.36. The Balaban J connectivity index is 1.41. The molecule has 3 rings (SSSR count). The normalized spacial score (nSPS) is 12.0. The van der Waals surface area contributed by atoms with Gasteiger partial charge in [0, 0.05) is 6.20 Å². The van der Waals surface area contributed by atoms with Gasteiger partial charge in [-0.1, -0.05) is 6.07 Å². The van der Waals surface area contributed by atoms with E-state index < -0.39 is 11.9 Å². The molecule has 3 N–H and O–H groups in total. The fourth-order valence-corrected chi connectivity index (χ4v) is 2.07. The summed E-state index contributed by atoms with van der Waals surface area (Å²) in [6.45, 7) is 1.86. The van der Waals surface area contributed by atoms with Gasteiger partial charge >= 0.3 is 6.03 Å². The summed E-state index contributed by atoms with van der Waals surface area (Å²) in [6, 6.07) is 8.25. The van der Waals surface area contributed by atoms with Crippen molar-refractivity contribution in [3.05, 3.63) is 47.7 Å². The van der Waals surface area contributed by atoms with Crippen molar-refractivity contribution in [1.82, 2.24) is 15.7 Å². The molecule has 2 aromatic rings. The maximum atomic E-state index is 11.7. The third-order valence-electron chi connectivity index (χ3n) is 3.36. The zero-order valence-electron chi connectivity index (χ0n) is 14.0. The number of amides is 3. The number of urea groups is 1. The maximum absolute atomic E-state index is 11.7. The fourth-order valence-electron chi connectivity index (χ4n) is 2.07. The highest BCUT2D eigenvalue weighted by Crippen LogP contribution is 2.31. The third kappa shape index (κ3) is 4.69. The number of pyridine rings is 1. The second-order valence-electron chi connectivity index (χ2n) is 5.43. The van der Waals surface area contributed by atoms with E-state index in [4.69, 9.17) is 9.47 Å². The van der Waals surface area contributed by atoms with Gasteiger partial charge in [-0.15, -0.1) is 0 Å². The molecule has 1 aromatic heterocycles. The van der Waals surface area contributed by atoms with Gasteiger partial charge in [-0.25, -0.2) is 15.2 Å². The Kier molecular flexibility index (Phi) is 5.28. The molecule has 3 amide bonds. The Labute approximate surface area is 149 Å². The molecule has 0 radical (unpaired) electrons. The number of rotatable bonds is 5. The topological polar surface area (TPSA) is 114 Å². The summed E-state index contributed by atoms with van der Waals surface area (Å²) in [5.41, 5.74) is 4.05. The molecule has 0 aliphatic carbocycles. The average Bonchev–Trinajstić information content (AvgIpc) is 3.10. The van der Waals surface area contributed by atoms with Gasteiger partial charge in [0.1, 0.15) is 12.4 Å². The van der Waals surface area contributed by atoms with E-state index in [1.165, 1.54) is 6.21 Å². The Bertz CT molecular complexity index is 836. The lowest BCUT2D eigenvalue weighted by molar-refractivity contribution is -0.120. The van der Waals surface area contributed by atoms with Crippen LogP contribution in [0.5, 0.6) is 11.5 Å². The van der Waals surface area contributed by atoms with Crippen molar-refractivity contribution in [2.75, 3.05) is 18.7 Å². The van der Waals surface area contributed by atoms with Crippen molar-refractivity contribution in [2.24, 2.45) is 5.10 Å². The number of carbonyl (C=O) groups excluding carboxylic acids is 2. The Morgan fingerprint density at radius 3 is 2.88 bits per heavy atom. The zero-order valence-corrected chi connectivity index (χ0v) is 14.0. The molecular formula is C17H17N5O4. The summed E-state index contributed by atoms with van der Waals surface area (Å²) in [4.78, 5) is 27.4. The summed E-state index contributed by atoms with van der Waals surface area (Å²) < 4.78 is 10.5. The smallest absolute Gasteiger partial charge is 0.320 e. The highest BCUT2D eigenvalue weighted by Gasteiger charge is 2.12. The highest BCUT2D eigenvalue weighted by molar-refractivity contribution is 5.91. The van der Waals surface area contributed by atoms with E-state index in [-0.39, 0.29) is 13.3 Å². The molecular weight excluding hydrogens is 338 g/mol. The number of fused-ring (bicyclic) bond motifs is 1. The molecule has 1 aliphatic heterocycles. The van der Waals surface area contributed by atoms with Gasteiger partial charge in [-0.3, -0.25) is 10.1 Å². The Morgan fingerprint density at radius 1 is 1.23 bits per heavy atom. The molecule has 26 heavy (non-hydrogen) atoms. The molecule has 0 bridgehead atoms. The minimum absolute atomic E-state index is 0.193. The first-order valence-corrected chi connectivity index (χ1v) is 7.79. The van der Waals surface area contributed by atoms with E-state index in [1.54, 1.807) is 30.5 Å². The first-order valence-electron chi connectivity index (χ1n) is 7.79. The van der Waals surface area contributed by atoms with Crippen molar-refractivity contribution < 1.29 is 19.1 Å². The van der Waals surface area contributed by atoms with Gasteiger partial charge in [0.25, 0.3) is 5.91 Å². The van der Waals surface area contributed by atoms with Crippen molar-refractivity contribution >= 4 is 24.0 Å². The number of nitrogens with one attached hydrogen (secondary N) is 3. The highest BCUT2D eigenvalue weighted by atomic mass is 16.7. The van der Waals surface area contributed by atoms with Gasteiger partial charge < -0.3 is 14.8 Å². The van der Waals surface area contributed by atoms with E-state index in [1.807, 2.05) is 13.0 Å². The van der Waals surface area contributed by atoms with Gasteiger partial charge in [-0.2, -0.15) is 5.10 Å². The summed E-state index contributed by atoms with van der Waals surface area (Å²) in [5, 5.41) is 8.77. The molecule has 0 spiro atoms. The van der Waals surface area contributed by atoms with Crippen LogP contribution in [0.25, 0.3) is 0 Å². The molecule has 1 aromatic carbocycles. The second kappa shape index (κ2) is 7.97. The van der Waals surface area contributed by atoms with Crippen LogP contribution in [0.3, 0.4) is 0 Å². The van der Waals surface area contributed by atoms with Gasteiger partial charge in [0.15, 0.2) is 11.5 Å². The quantitative estimate of drug-likeness (QED) is 0.554. The van der Waals surface area contributed by atoms with Crippen LogP contribution in [0, 0.1) is 6.92 Å². The number of hydrogen-bond acceptors (Lipinski definition) is 6. The van der Waals surface area contributed by atoms with Crippen LogP contribution in [-0.2, 0) is 4.79 Å². The number of anilines is 1. The van der Waals surface area contributed by atoms with Crippen LogP contribution in [-0.4, -0.2) is 36.5 Å². The van der Waals surface area contributed by atoms with Gasteiger partial charge in [0.05, 0.1) is 6.21 Å². The number of ether oxygens (including phenoxy) is 2. The van der Waals surface area contributed by atoms with E-state index >= 15 is 0 Å². The Hall–Kier alpha value is -3.62. The van der Waals surface area contributed by atoms with Crippen LogP contribution in [0.1, 0.15) is 11.1 Å². The number of nitrogens with zero attached hydrogens (tertiary/aromatic N) is 2. The van der Waals surface area contributed by atoms with Crippen LogP contribution >= 0.6 is 0 Å². The molecule has 0 saturated heterocycles. The summed E-state index contributed by atoms with van der Waals surface area (Å²) in [7, 11) is 0. The average molecular weight is 355 g/mol. The van der Waals surface area contributed by atoms with Crippen LogP contribution in [0.15, 0.2) is 41.6 Å². The second-order valence-corrected chi connectivity index (χ2v) is 5.43. The van der Waals surface area contributed by atoms with E-state index in [0.29, 0.717) is 17.3 Å². The molecule has 2 heterocycles. The molecule has 0 unspecified atom stereocenters. The van der Waals surface area contributed by atoms with Crippen molar-refractivity contribution in [3.63, 3.8) is 0 Å². The predicted molar refractivity (Wildman–Crippen MR) is 94.3 cm³/mol. The molecule has 1 aliphatic rings. The van der Waals surface area contributed by atoms with Crippen LogP contribution < -0.4 is 25.5 Å². The maximum Gasteiger partial charge on any atom is 0.320 e. The fraction of sp³-hybridized carbons (Fsp3) is 0.176. The molecule has 134 valence electrons. The van der Waals surface area contributed by atoms with E-state index in [9.17, 15) is 9.59 Å². The number of hydrazone groups is 1. The zero-order chi connectivity index (χ0) is 18.4. The minimum Gasteiger partial charge on any atom is -0.454 e. The molecule has 9 nitrogen and oxygen atoms in total. The summed E-state index contributed by atoms with van der Waals surface area (Å²) in [5.74, 6) is 1.23. The van der Waals surface area contributed by atoms with Gasteiger partial charge in [-0.05, 0) is 42.3 Å². The predicted octanol–water partition coefficient (Wildman–Crippen LogP) is 1.39. The number of aromatic nitrogens is 1. The van der Waals surface area contributed by atoms with E-state index in [2.05, 4.69) is 26.1 Å². The first kappa shape index (κ1) is 17.2. The summed E-state index contributed by atoms with van der Waals surface area (Å²) >= 11 is 0. The largest absolute Gasteiger partial charge is 0.454 e. The number of benzene rings is 1. The standard InChI is InChI=1S/C17H17N5O4/c1-11-2-5-15(18-7-11)21-17(24)19-9-16(23)22-20-8-12-3-4-13-14(6-12)26-10-25-13/h2-8H,9-10H2,1H3,(H,22,23)(H2,18,19,21,24)/b20-8-. The lowest BCUT2D eigenvalue weighted by Gasteiger charge is -2.06. The number of aryl methyl sites for hydroxylation is 1. The van der Waals surface area contributed by atoms with Crippen LogP contribution in [0.4, 0.5) is 10.6 Å². The Morgan fingerprint density at radius 2 is 2.08 bits per heavy atom. The van der Waals surface area contributed by atoms with Crippen molar-refractivity contribution in [2.45, 2.75) is 6.92 Å². The molecule has 9 heteroatoms. The van der Waals surface area contributed by atoms with Crippen molar-refractivity contribution in [1.29, 1.82) is 0 Å². The first-order chi connectivity index (χ1) is 12.6. The number of hydrogen-bond donors (Lipinski definition) is 3. The molecule has 0 fully saturated rings. The summed E-state index contributed by atoms with van der Waals surface area (Å²) in [6.07, 6.45) is 3.10. The molecule has 0 saturated carbocycles. The van der Waals surface area contributed by atoms with Crippen molar-refractivity contribution in [3.8, 4) is 11.5 Å².